The fourth-order valence-electron chi connectivity index (χ4n) is 0.738. The summed E-state index contributed by atoms with van der Waals surface area (Å²) in [5.41, 5.74) is 0. The van der Waals surface area contributed by atoms with Gasteiger partial charge in [0.15, 0.2) is 5.82 Å². The molecule has 0 aliphatic heterocycles. The molecule has 0 bridgehead atoms. The van der Waals surface area contributed by atoms with Crippen molar-refractivity contribution in [2.75, 3.05) is 6.54 Å². The van der Waals surface area contributed by atoms with E-state index in [9.17, 15) is 0 Å². The minimum absolute atomic E-state index is 0.591. The van der Waals surface area contributed by atoms with Gasteiger partial charge < -0.3 is 4.52 Å². The Morgan fingerprint density at radius 1 is 1.58 bits per heavy atom. The summed E-state index contributed by atoms with van der Waals surface area (Å²) >= 11 is 0. The highest BCUT2D eigenvalue weighted by molar-refractivity contribution is 4.97. The van der Waals surface area contributed by atoms with Crippen molar-refractivity contribution in [3.63, 3.8) is 0 Å². The quantitative estimate of drug-likeness (QED) is 0.523. The van der Waals surface area contributed by atoms with E-state index >= 15 is 0 Å². The molecule has 1 aromatic heterocycles. The van der Waals surface area contributed by atoms with Gasteiger partial charge in [-0.25, -0.2) is 0 Å². The second-order valence-corrected chi connectivity index (χ2v) is 2.26. The highest BCUT2D eigenvalue weighted by atomic mass is 16.5. The Kier molecular flexibility index (Phi) is 3.30. The van der Waals surface area contributed by atoms with Gasteiger partial charge in [0, 0.05) is 6.92 Å². The van der Waals surface area contributed by atoms with E-state index < -0.39 is 0 Å². The second kappa shape index (κ2) is 4.52. The summed E-state index contributed by atoms with van der Waals surface area (Å²) in [6.45, 7) is 4.83. The summed E-state index contributed by atoms with van der Waals surface area (Å²) in [5, 5.41) is 6.77. The van der Waals surface area contributed by atoms with Gasteiger partial charge in [-0.1, -0.05) is 11.1 Å². The molecule has 1 rings (SSSR count). The van der Waals surface area contributed by atoms with E-state index in [0.29, 0.717) is 24.8 Å². The summed E-state index contributed by atoms with van der Waals surface area (Å²) < 4.78 is 4.78. The summed E-state index contributed by atoms with van der Waals surface area (Å²) in [4.78, 5) is 4.02. The molecule has 0 unspecified atom stereocenters. The molecular weight excluding hydrogens is 154 g/mol. The SMILES string of the molecule is CC#CCNCc1noc(C)n1. The minimum atomic E-state index is 0.591. The molecule has 64 valence electrons. The molecule has 0 amide bonds. The highest BCUT2D eigenvalue weighted by Crippen LogP contribution is 1.92. The normalized spacial score (nSPS) is 9.17. The molecule has 0 saturated heterocycles. The molecular formula is C8H11N3O. The molecule has 0 aromatic carbocycles. The van der Waals surface area contributed by atoms with Crippen LogP contribution in [0, 0.1) is 18.8 Å². The van der Waals surface area contributed by atoms with Crippen LogP contribution in [0.5, 0.6) is 0 Å². The molecule has 12 heavy (non-hydrogen) atoms. The molecule has 0 radical (unpaired) electrons. The Hall–Kier alpha value is -1.34. The fourth-order valence-corrected chi connectivity index (χ4v) is 0.738. The van der Waals surface area contributed by atoms with Crippen LogP contribution in [0.4, 0.5) is 0 Å². The molecule has 4 heteroatoms. The molecule has 1 N–H and O–H groups in total. The van der Waals surface area contributed by atoms with Crippen molar-refractivity contribution in [3.05, 3.63) is 11.7 Å². The van der Waals surface area contributed by atoms with Crippen molar-refractivity contribution in [2.24, 2.45) is 0 Å². The summed E-state index contributed by atoms with van der Waals surface area (Å²) in [6.07, 6.45) is 0. The van der Waals surface area contributed by atoms with Crippen molar-refractivity contribution in [1.29, 1.82) is 0 Å². The van der Waals surface area contributed by atoms with Gasteiger partial charge in [-0.3, -0.25) is 5.32 Å². The molecule has 0 fully saturated rings. The smallest absolute Gasteiger partial charge is 0.223 e. The lowest BCUT2D eigenvalue weighted by atomic mass is 10.5. The predicted octanol–water partition coefficient (Wildman–Crippen LogP) is 0.491. The van der Waals surface area contributed by atoms with E-state index in [2.05, 4.69) is 27.3 Å². The van der Waals surface area contributed by atoms with Crippen LogP contribution in [-0.4, -0.2) is 16.7 Å². The number of rotatable bonds is 3. The zero-order valence-electron chi connectivity index (χ0n) is 7.22. The fraction of sp³-hybridized carbons (Fsp3) is 0.500. The lowest BCUT2D eigenvalue weighted by Crippen LogP contribution is -2.14. The predicted molar refractivity (Wildman–Crippen MR) is 44.2 cm³/mol. The van der Waals surface area contributed by atoms with Crippen LogP contribution < -0.4 is 5.32 Å². The summed E-state index contributed by atoms with van der Waals surface area (Å²) in [5.74, 6) is 6.92. The maximum absolute atomic E-state index is 4.78. The van der Waals surface area contributed by atoms with Crippen LogP contribution in [0.2, 0.25) is 0 Å². The summed E-state index contributed by atoms with van der Waals surface area (Å²) in [7, 11) is 0. The van der Waals surface area contributed by atoms with Crippen LogP contribution >= 0.6 is 0 Å². The van der Waals surface area contributed by atoms with Crippen molar-refractivity contribution in [2.45, 2.75) is 20.4 Å². The van der Waals surface area contributed by atoms with Crippen molar-refractivity contribution in [3.8, 4) is 11.8 Å². The first-order valence-electron chi connectivity index (χ1n) is 3.72. The van der Waals surface area contributed by atoms with Crippen molar-refractivity contribution >= 4 is 0 Å². The molecule has 4 nitrogen and oxygen atoms in total. The third-order valence-corrected chi connectivity index (χ3v) is 1.24. The van der Waals surface area contributed by atoms with Crippen molar-refractivity contribution in [1.82, 2.24) is 15.5 Å². The average molecular weight is 165 g/mol. The number of hydrogen-bond acceptors (Lipinski definition) is 4. The summed E-state index contributed by atoms with van der Waals surface area (Å²) in [6, 6.07) is 0. The maximum atomic E-state index is 4.78. The zero-order chi connectivity index (χ0) is 8.81. The number of nitrogens with one attached hydrogen (secondary N) is 1. The van der Waals surface area contributed by atoms with Crippen LogP contribution in [0.15, 0.2) is 4.52 Å². The average Bonchev–Trinajstić information content (AvgIpc) is 2.45. The Labute approximate surface area is 71.4 Å². The van der Waals surface area contributed by atoms with Gasteiger partial charge >= 0.3 is 0 Å². The maximum Gasteiger partial charge on any atom is 0.223 e. The largest absolute Gasteiger partial charge is 0.340 e. The molecule has 1 aromatic rings. The van der Waals surface area contributed by atoms with E-state index in [1.807, 2.05) is 0 Å². The third-order valence-electron chi connectivity index (χ3n) is 1.24. The lowest BCUT2D eigenvalue weighted by molar-refractivity contribution is 0.386. The van der Waals surface area contributed by atoms with Crippen LogP contribution in [0.1, 0.15) is 18.6 Å². The van der Waals surface area contributed by atoms with Crippen LogP contribution in [-0.2, 0) is 6.54 Å². The van der Waals surface area contributed by atoms with Crippen molar-refractivity contribution < 1.29 is 4.52 Å². The number of nitrogens with zero attached hydrogens (tertiary/aromatic N) is 2. The minimum Gasteiger partial charge on any atom is -0.340 e. The van der Waals surface area contributed by atoms with Gasteiger partial charge in [-0.15, -0.1) is 5.92 Å². The first kappa shape index (κ1) is 8.75. The van der Waals surface area contributed by atoms with Gasteiger partial charge in [-0.2, -0.15) is 4.98 Å². The number of aromatic nitrogens is 2. The van der Waals surface area contributed by atoms with E-state index in [-0.39, 0.29) is 0 Å². The van der Waals surface area contributed by atoms with E-state index in [1.54, 1.807) is 13.8 Å². The first-order valence-corrected chi connectivity index (χ1v) is 3.72. The standard InChI is InChI=1S/C8H11N3O/c1-3-4-5-9-6-8-10-7(2)12-11-8/h9H,5-6H2,1-2H3. The Bertz CT molecular complexity index is 295. The van der Waals surface area contributed by atoms with Gasteiger partial charge in [-0.05, 0) is 6.92 Å². The van der Waals surface area contributed by atoms with Gasteiger partial charge in [0.25, 0.3) is 0 Å². The second-order valence-electron chi connectivity index (χ2n) is 2.26. The molecule has 0 aliphatic rings. The Morgan fingerprint density at radius 3 is 3.00 bits per heavy atom. The lowest BCUT2D eigenvalue weighted by Gasteiger charge is -1.91. The van der Waals surface area contributed by atoms with E-state index in [0.717, 1.165) is 0 Å². The molecule has 1 heterocycles. The van der Waals surface area contributed by atoms with Gasteiger partial charge in [0.05, 0.1) is 13.1 Å². The van der Waals surface area contributed by atoms with Crippen LogP contribution in [0.25, 0.3) is 0 Å². The van der Waals surface area contributed by atoms with Gasteiger partial charge in [0.1, 0.15) is 0 Å². The van der Waals surface area contributed by atoms with E-state index in [4.69, 9.17) is 4.52 Å². The van der Waals surface area contributed by atoms with E-state index in [1.165, 1.54) is 0 Å². The molecule has 0 spiro atoms. The number of aryl methyl sites for hydroxylation is 1. The molecule has 0 aliphatic carbocycles. The van der Waals surface area contributed by atoms with Crippen LogP contribution in [0.3, 0.4) is 0 Å². The molecule has 0 atom stereocenters. The highest BCUT2D eigenvalue weighted by Gasteiger charge is 1.98. The topological polar surface area (TPSA) is 51.0 Å². The zero-order valence-corrected chi connectivity index (χ0v) is 7.22. The number of hydrogen-bond donors (Lipinski definition) is 1. The Balaban J connectivity index is 2.27. The Morgan fingerprint density at radius 2 is 2.42 bits per heavy atom. The monoisotopic (exact) mass is 165 g/mol. The third kappa shape index (κ3) is 2.72. The molecule has 0 saturated carbocycles. The first-order chi connectivity index (χ1) is 5.83. The van der Waals surface area contributed by atoms with Gasteiger partial charge in [0.2, 0.25) is 5.89 Å².